The second kappa shape index (κ2) is 7.79. The molecular weight excluding hydrogens is 446 g/mol. The van der Waals surface area contributed by atoms with Crippen LogP contribution in [-0.4, -0.2) is 25.1 Å². The predicted molar refractivity (Wildman–Crippen MR) is 144 cm³/mol. The highest BCUT2D eigenvalue weighted by Gasteiger charge is 2.35. The topological polar surface area (TPSA) is 64.7 Å². The highest BCUT2D eigenvalue weighted by atomic mass is 16.1. The number of hydrogen-bond acceptors (Lipinski definition) is 4. The van der Waals surface area contributed by atoms with E-state index in [0.29, 0.717) is 12.3 Å². The maximum atomic E-state index is 13.4. The number of rotatable bonds is 4. The fraction of sp³-hybridized carbons (Fsp3) is 0.300. The molecule has 180 valence electrons. The van der Waals surface area contributed by atoms with Gasteiger partial charge in [0.15, 0.2) is 5.78 Å². The third-order valence-electron chi connectivity index (χ3n) is 7.66. The lowest BCUT2D eigenvalue weighted by Gasteiger charge is -2.22. The van der Waals surface area contributed by atoms with Gasteiger partial charge < -0.3 is 9.88 Å². The number of aromatic nitrogens is 4. The standard InChI is InChI=1S/C30H29N5O/c1-17(2)15-35-24-11-7-18(32-26-6-4-5-13-31-26)14-21(24)28-19-9-12-25(36)29(19)27-20(30(28)35)8-10-23-22(27)16-34(3)33-23/h4-7,11,13-14,16-17H,8-10,12,15H2,1-3H3,(H,31,32). The van der Waals surface area contributed by atoms with Crippen LogP contribution in [-0.2, 0) is 32.9 Å². The Morgan fingerprint density at radius 2 is 1.89 bits per heavy atom. The number of pyridine rings is 1. The lowest BCUT2D eigenvalue weighted by atomic mass is 9.82. The zero-order chi connectivity index (χ0) is 24.6. The van der Waals surface area contributed by atoms with Gasteiger partial charge in [-0.1, -0.05) is 19.9 Å². The highest BCUT2D eigenvalue weighted by molar-refractivity contribution is 6.20. The van der Waals surface area contributed by atoms with Gasteiger partial charge in [0.2, 0.25) is 0 Å². The molecule has 0 amide bonds. The molecule has 0 spiro atoms. The number of anilines is 2. The number of carbonyl (C=O) groups is 1. The summed E-state index contributed by atoms with van der Waals surface area (Å²) in [5, 5.41) is 10.7. The average molecular weight is 476 g/mol. The van der Waals surface area contributed by atoms with Crippen LogP contribution in [0.5, 0.6) is 0 Å². The Hall–Kier alpha value is -3.93. The van der Waals surface area contributed by atoms with Gasteiger partial charge >= 0.3 is 0 Å². The van der Waals surface area contributed by atoms with Crippen LogP contribution in [0.15, 0.2) is 48.8 Å². The number of aryl methyl sites for hydroxylation is 4. The largest absolute Gasteiger partial charge is 0.340 e. The fourth-order valence-corrected chi connectivity index (χ4v) is 6.37. The van der Waals surface area contributed by atoms with Crippen LogP contribution in [0.2, 0.25) is 0 Å². The minimum atomic E-state index is 0.271. The molecule has 6 heteroatoms. The van der Waals surface area contributed by atoms with Crippen molar-refractivity contribution in [3.63, 3.8) is 0 Å². The van der Waals surface area contributed by atoms with Crippen LogP contribution < -0.4 is 5.32 Å². The van der Waals surface area contributed by atoms with Gasteiger partial charge in [-0.15, -0.1) is 0 Å². The van der Waals surface area contributed by atoms with E-state index in [1.807, 2.05) is 29.9 Å². The quantitative estimate of drug-likeness (QED) is 0.335. The molecule has 36 heavy (non-hydrogen) atoms. The molecule has 0 aliphatic heterocycles. The molecule has 6 nitrogen and oxygen atoms in total. The molecule has 0 fully saturated rings. The molecule has 1 N–H and O–H groups in total. The Bertz CT molecular complexity index is 1690. The van der Waals surface area contributed by atoms with Crippen LogP contribution in [0, 0.1) is 5.92 Å². The molecule has 2 aromatic carbocycles. The minimum Gasteiger partial charge on any atom is -0.340 e. The van der Waals surface area contributed by atoms with E-state index in [4.69, 9.17) is 5.10 Å². The molecular formula is C30H29N5O. The maximum absolute atomic E-state index is 13.4. The van der Waals surface area contributed by atoms with Gasteiger partial charge in [0.25, 0.3) is 0 Å². The normalized spacial score (nSPS) is 14.5. The van der Waals surface area contributed by atoms with Crippen molar-refractivity contribution in [3.05, 3.63) is 71.2 Å². The van der Waals surface area contributed by atoms with Crippen LogP contribution in [0.4, 0.5) is 11.5 Å². The molecule has 2 aliphatic carbocycles. The Morgan fingerprint density at radius 1 is 1.03 bits per heavy atom. The van der Waals surface area contributed by atoms with Gasteiger partial charge in [-0.25, -0.2) is 4.98 Å². The molecule has 2 aliphatic rings. The molecule has 5 aromatic rings. The monoisotopic (exact) mass is 475 g/mol. The zero-order valence-corrected chi connectivity index (χ0v) is 20.9. The molecule has 0 bridgehead atoms. The number of nitrogens with zero attached hydrogens (tertiary/aromatic N) is 4. The first kappa shape index (κ1) is 21.4. The van der Waals surface area contributed by atoms with E-state index in [0.717, 1.165) is 59.7 Å². The number of ketones is 1. The number of carbonyl (C=O) groups excluding carboxylic acids is 1. The SMILES string of the molecule is CC(C)Cn1c2ccc(Nc3ccccn3)cc2c2c3c(c4c(c21)CCc1nn(C)cc1-4)C(=O)CC3. The summed E-state index contributed by atoms with van der Waals surface area (Å²) < 4.78 is 4.41. The number of fused-ring (bicyclic) bond motifs is 10. The van der Waals surface area contributed by atoms with Crippen molar-refractivity contribution in [2.75, 3.05) is 5.32 Å². The highest BCUT2D eigenvalue weighted by Crippen LogP contribution is 2.48. The van der Waals surface area contributed by atoms with E-state index in [2.05, 4.69) is 53.1 Å². The maximum Gasteiger partial charge on any atom is 0.164 e. The van der Waals surface area contributed by atoms with Crippen molar-refractivity contribution in [2.45, 2.75) is 46.1 Å². The van der Waals surface area contributed by atoms with E-state index >= 15 is 0 Å². The Balaban J connectivity index is 1.58. The molecule has 0 saturated carbocycles. The molecule has 0 unspecified atom stereocenters. The number of Topliss-reactive ketones (excluding diaryl/α,β-unsaturated/α-hetero) is 1. The number of hydrogen-bond donors (Lipinski definition) is 1. The summed E-state index contributed by atoms with van der Waals surface area (Å²) in [7, 11) is 1.98. The van der Waals surface area contributed by atoms with Crippen LogP contribution in [0.3, 0.4) is 0 Å². The molecule has 7 rings (SSSR count). The summed E-state index contributed by atoms with van der Waals surface area (Å²) in [6.45, 7) is 5.49. The Morgan fingerprint density at radius 3 is 2.69 bits per heavy atom. The second-order valence-corrected chi connectivity index (χ2v) is 10.6. The first-order valence-electron chi connectivity index (χ1n) is 12.9. The molecule has 3 heterocycles. The van der Waals surface area contributed by atoms with Crippen molar-refractivity contribution < 1.29 is 4.79 Å². The zero-order valence-electron chi connectivity index (χ0n) is 20.9. The first-order chi connectivity index (χ1) is 17.5. The summed E-state index contributed by atoms with van der Waals surface area (Å²) in [6, 6.07) is 12.5. The smallest absolute Gasteiger partial charge is 0.164 e. The summed E-state index contributed by atoms with van der Waals surface area (Å²) in [6.07, 6.45) is 7.10. The van der Waals surface area contributed by atoms with E-state index in [1.54, 1.807) is 6.20 Å². The summed E-state index contributed by atoms with van der Waals surface area (Å²) in [5.74, 6) is 1.59. The molecule has 3 aromatic heterocycles. The van der Waals surface area contributed by atoms with Gasteiger partial charge in [-0.2, -0.15) is 5.10 Å². The lowest BCUT2D eigenvalue weighted by Crippen LogP contribution is -2.12. The molecule has 0 saturated heterocycles. The van der Waals surface area contributed by atoms with E-state index in [9.17, 15) is 4.79 Å². The third-order valence-corrected chi connectivity index (χ3v) is 7.66. The fourth-order valence-electron chi connectivity index (χ4n) is 6.37. The Labute approximate surface area is 210 Å². The predicted octanol–water partition coefficient (Wildman–Crippen LogP) is 6.22. The summed E-state index contributed by atoms with van der Waals surface area (Å²) in [4.78, 5) is 17.8. The second-order valence-electron chi connectivity index (χ2n) is 10.6. The van der Waals surface area contributed by atoms with Crippen LogP contribution in [0.1, 0.15) is 47.4 Å². The van der Waals surface area contributed by atoms with Crippen molar-refractivity contribution in [1.29, 1.82) is 0 Å². The van der Waals surface area contributed by atoms with Crippen LogP contribution >= 0.6 is 0 Å². The third kappa shape index (κ3) is 3.06. The van der Waals surface area contributed by atoms with Crippen LogP contribution in [0.25, 0.3) is 32.9 Å². The van der Waals surface area contributed by atoms with E-state index in [-0.39, 0.29) is 5.78 Å². The van der Waals surface area contributed by atoms with Gasteiger partial charge in [0.1, 0.15) is 5.82 Å². The van der Waals surface area contributed by atoms with Gasteiger partial charge in [0.05, 0.1) is 11.2 Å². The van der Waals surface area contributed by atoms with Crippen molar-refractivity contribution in [3.8, 4) is 11.1 Å². The number of benzene rings is 2. The average Bonchev–Trinajstić information content (AvgIpc) is 3.52. The van der Waals surface area contributed by atoms with Gasteiger partial charge in [-0.05, 0) is 66.6 Å². The molecule has 0 atom stereocenters. The van der Waals surface area contributed by atoms with Gasteiger partial charge in [0, 0.05) is 71.1 Å². The Kier molecular flexibility index (Phi) is 4.62. The minimum absolute atomic E-state index is 0.271. The summed E-state index contributed by atoms with van der Waals surface area (Å²) in [5.41, 5.74) is 10.4. The van der Waals surface area contributed by atoms with Gasteiger partial charge in [-0.3, -0.25) is 9.48 Å². The van der Waals surface area contributed by atoms with E-state index in [1.165, 1.54) is 32.9 Å². The van der Waals surface area contributed by atoms with Crippen molar-refractivity contribution >= 4 is 39.1 Å². The summed E-state index contributed by atoms with van der Waals surface area (Å²) >= 11 is 0. The van der Waals surface area contributed by atoms with Crippen molar-refractivity contribution in [1.82, 2.24) is 19.3 Å². The number of nitrogens with one attached hydrogen (secondary N) is 1. The lowest BCUT2D eigenvalue weighted by molar-refractivity contribution is 0.0995. The molecule has 0 radical (unpaired) electrons. The van der Waals surface area contributed by atoms with Crippen molar-refractivity contribution in [2.24, 2.45) is 13.0 Å². The first-order valence-corrected chi connectivity index (χ1v) is 12.9. The van der Waals surface area contributed by atoms with E-state index < -0.39 is 0 Å².